The molecule has 6 aromatic carbocycles. The predicted octanol–water partition coefficient (Wildman–Crippen LogP) is 10.7. The Morgan fingerprint density at radius 1 is 0.350 bits per heavy atom. The molecule has 6 aromatic rings. The van der Waals surface area contributed by atoms with Gasteiger partial charge in [0.25, 0.3) is 0 Å². The summed E-state index contributed by atoms with van der Waals surface area (Å²) in [4.78, 5) is 3.98. The zero-order chi connectivity index (χ0) is 27.5. The predicted molar refractivity (Wildman–Crippen MR) is 172 cm³/mol. The van der Waals surface area contributed by atoms with Gasteiger partial charge in [0, 0.05) is 11.1 Å². The van der Waals surface area contributed by atoms with Gasteiger partial charge in [-0.1, -0.05) is 126 Å². The van der Waals surface area contributed by atoms with E-state index in [0.29, 0.717) is 0 Å². The van der Waals surface area contributed by atoms with Crippen molar-refractivity contribution in [2.45, 2.75) is 35.5 Å². The minimum absolute atomic E-state index is 0.289. The van der Waals surface area contributed by atoms with E-state index in [9.17, 15) is 0 Å². The third-order valence-corrected chi connectivity index (χ3v) is 9.66. The van der Waals surface area contributed by atoms with E-state index in [0.717, 1.165) is 0 Å². The van der Waals surface area contributed by atoms with E-state index in [-0.39, 0.29) is 10.9 Å². The highest BCUT2D eigenvalue weighted by molar-refractivity contribution is 7.97. The van der Waals surface area contributed by atoms with Crippen molar-refractivity contribution in [3.05, 3.63) is 162 Å². The van der Waals surface area contributed by atoms with Crippen molar-refractivity contribution in [2.75, 3.05) is 0 Å². The Hall–Kier alpha value is -4.33. The van der Waals surface area contributed by atoms with Crippen LogP contribution in [-0.4, -0.2) is 0 Å². The molecule has 0 saturated carbocycles. The van der Waals surface area contributed by atoms with Crippen molar-refractivity contribution in [2.24, 2.45) is 0 Å². The third-order valence-electron chi connectivity index (χ3n) is 7.39. The lowest BCUT2D eigenvalue weighted by Gasteiger charge is -2.20. The lowest BCUT2D eigenvalue weighted by atomic mass is 9.87. The van der Waals surface area contributed by atoms with Gasteiger partial charge in [-0.05, 0) is 79.4 Å². The first-order valence-corrected chi connectivity index (χ1v) is 15.0. The molecule has 0 heterocycles. The first-order valence-electron chi connectivity index (χ1n) is 13.8. The SMILES string of the molecule is Cc1ccc(-c2ccc([S+](c3ccccc3)c3ccccc3)c(-c3ccc(C)cc3)c2-c2ccc(C)cc2)cc1. The molecule has 40 heavy (non-hydrogen) atoms. The van der Waals surface area contributed by atoms with Crippen molar-refractivity contribution in [3.63, 3.8) is 0 Å². The molecule has 0 saturated heterocycles. The fraction of sp³-hybridized carbons (Fsp3) is 0.0769. The third kappa shape index (κ3) is 5.26. The minimum Gasteiger partial charge on any atom is -0.0619 e. The van der Waals surface area contributed by atoms with Gasteiger partial charge in [0.05, 0.1) is 10.9 Å². The average Bonchev–Trinajstić information content (AvgIpc) is 3.00. The number of aryl methyl sites for hydroxylation is 3. The molecule has 6 rings (SSSR count). The molecule has 0 bridgehead atoms. The second kappa shape index (κ2) is 11.4. The van der Waals surface area contributed by atoms with E-state index >= 15 is 0 Å². The zero-order valence-electron chi connectivity index (χ0n) is 23.3. The van der Waals surface area contributed by atoms with Crippen molar-refractivity contribution in [3.8, 4) is 33.4 Å². The monoisotopic (exact) mass is 533 g/mol. The van der Waals surface area contributed by atoms with E-state index < -0.39 is 0 Å². The van der Waals surface area contributed by atoms with Gasteiger partial charge in [-0.25, -0.2) is 0 Å². The van der Waals surface area contributed by atoms with Crippen LogP contribution in [0.25, 0.3) is 33.4 Å². The van der Waals surface area contributed by atoms with E-state index in [2.05, 4.69) is 166 Å². The Bertz CT molecular complexity index is 1680. The summed E-state index contributed by atoms with van der Waals surface area (Å²) in [6, 6.07) is 53.7. The van der Waals surface area contributed by atoms with Crippen LogP contribution < -0.4 is 0 Å². The summed E-state index contributed by atoms with van der Waals surface area (Å²) < 4.78 is 0. The topological polar surface area (TPSA) is 0 Å². The minimum atomic E-state index is -0.289. The first kappa shape index (κ1) is 25.9. The van der Waals surface area contributed by atoms with Crippen molar-refractivity contribution < 1.29 is 0 Å². The summed E-state index contributed by atoms with van der Waals surface area (Å²) in [5.41, 5.74) is 11.4. The standard InChI is InChI=1S/C39H33S/c1-28-14-20-31(21-15-28)36-26-27-37(40(34-10-6-4-7-11-34)35-12-8-5-9-13-35)39(33-24-18-30(3)19-25-33)38(36)32-22-16-29(2)17-23-32/h4-27H,1-3H3/q+1. The first-order chi connectivity index (χ1) is 19.6. The molecule has 0 N–H and O–H groups in total. The number of rotatable bonds is 6. The number of hydrogen-bond acceptors (Lipinski definition) is 0. The van der Waals surface area contributed by atoms with Crippen LogP contribution in [0.4, 0.5) is 0 Å². The Balaban J connectivity index is 1.73. The van der Waals surface area contributed by atoms with Gasteiger partial charge < -0.3 is 0 Å². The highest BCUT2D eigenvalue weighted by Gasteiger charge is 2.34. The molecular formula is C39H33S+. The van der Waals surface area contributed by atoms with E-state index in [1.54, 1.807) is 0 Å². The Labute approximate surface area is 241 Å². The Kier molecular flexibility index (Phi) is 7.40. The molecule has 0 aliphatic rings. The summed E-state index contributed by atoms with van der Waals surface area (Å²) in [6.45, 7) is 6.47. The lowest BCUT2D eigenvalue weighted by molar-refractivity contribution is 1.31. The van der Waals surface area contributed by atoms with Crippen LogP contribution in [-0.2, 0) is 10.9 Å². The van der Waals surface area contributed by atoms with Gasteiger partial charge in [-0.2, -0.15) is 0 Å². The molecule has 0 aromatic heterocycles. The summed E-state index contributed by atoms with van der Waals surface area (Å²) in [6.07, 6.45) is 0. The normalized spacial score (nSPS) is 11.1. The second-order valence-corrected chi connectivity index (χ2v) is 12.4. The lowest BCUT2D eigenvalue weighted by Crippen LogP contribution is -2.08. The molecule has 0 nitrogen and oxygen atoms in total. The second-order valence-electron chi connectivity index (χ2n) is 10.4. The van der Waals surface area contributed by atoms with Gasteiger partial charge in [-0.3, -0.25) is 0 Å². The molecule has 0 atom stereocenters. The summed E-state index contributed by atoms with van der Waals surface area (Å²) in [7, 11) is -0.289. The Morgan fingerprint density at radius 2 is 0.750 bits per heavy atom. The highest BCUT2D eigenvalue weighted by atomic mass is 32.2. The van der Waals surface area contributed by atoms with Crippen LogP contribution in [0.5, 0.6) is 0 Å². The van der Waals surface area contributed by atoms with E-state index in [1.807, 2.05) is 0 Å². The van der Waals surface area contributed by atoms with Crippen molar-refractivity contribution in [1.82, 2.24) is 0 Å². The van der Waals surface area contributed by atoms with Crippen LogP contribution in [0.2, 0.25) is 0 Å². The summed E-state index contributed by atoms with van der Waals surface area (Å²) in [5, 5.41) is 0. The quantitative estimate of drug-likeness (QED) is 0.187. The Morgan fingerprint density at radius 3 is 1.20 bits per heavy atom. The van der Waals surface area contributed by atoms with Gasteiger partial charge in [0.15, 0.2) is 14.7 Å². The van der Waals surface area contributed by atoms with E-state index in [1.165, 1.54) is 64.8 Å². The van der Waals surface area contributed by atoms with Crippen LogP contribution in [0.3, 0.4) is 0 Å². The maximum absolute atomic E-state index is 2.38. The number of hydrogen-bond donors (Lipinski definition) is 0. The molecule has 0 fully saturated rings. The molecule has 1 heteroatoms. The summed E-state index contributed by atoms with van der Waals surface area (Å²) in [5.74, 6) is 0. The van der Waals surface area contributed by atoms with Crippen LogP contribution in [0.15, 0.2) is 160 Å². The fourth-order valence-electron chi connectivity index (χ4n) is 5.26. The molecule has 0 aliphatic carbocycles. The fourth-order valence-corrected chi connectivity index (χ4v) is 7.52. The molecular weight excluding hydrogens is 500 g/mol. The summed E-state index contributed by atoms with van der Waals surface area (Å²) >= 11 is 0. The van der Waals surface area contributed by atoms with Gasteiger partial charge in [0.1, 0.15) is 0 Å². The van der Waals surface area contributed by atoms with Crippen LogP contribution in [0.1, 0.15) is 16.7 Å². The van der Waals surface area contributed by atoms with E-state index in [4.69, 9.17) is 0 Å². The van der Waals surface area contributed by atoms with Gasteiger partial charge in [-0.15, -0.1) is 0 Å². The molecule has 0 unspecified atom stereocenters. The maximum Gasteiger partial charge on any atom is 0.175 e. The van der Waals surface area contributed by atoms with Crippen molar-refractivity contribution in [1.29, 1.82) is 0 Å². The number of benzene rings is 6. The van der Waals surface area contributed by atoms with Gasteiger partial charge in [0.2, 0.25) is 0 Å². The van der Waals surface area contributed by atoms with Crippen molar-refractivity contribution >= 4 is 10.9 Å². The maximum atomic E-state index is 2.38. The highest BCUT2D eigenvalue weighted by Crippen LogP contribution is 2.47. The van der Waals surface area contributed by atoms with Gasteiger partial charge >= 0.3 is 0 Å². The molecule has 194 valence electrons. The average molecular weight is 534 g/mol. The molecule has 0 amide bonds. The molecule has 0 aliphatic heterocycles. The largest absolute Gasteiger partial charge is 0.175 e. The molecule has 0 spiro atoms. The smallest absolute Gasteiger partial charge is 0.0619 e. The molecule has 0 radical (unpaired) electrons. The zero-order valence-corrected chi connectivity index (χ0v) is 24.1. The van der Waals surface area contributed by atoms with Crippen LogP contribution in [0, 0.1) is 20.8 Å². The van der Waals surface area contributed by atoms with Crippen LogP contribution >= 0.6 is 0 Å².